The van der Waals surface area contributed by atoms with Gasteiger partial charge in [-0.05, 0) is 50.1 Å². The summed E-state index contributed by atoms with van der Waals surface area (Å²) < 4.78 is 32.2. The molecule has 0 saturated carbocycles. The van der Waals surface area contributed by atoms with Crippen molar-refractivity contribution < 1.29 is 8.78 Å². The Kier molecular flexibility index (Phi) is 5.56. The standard InChI is InChI=1S/C21H28F2N4/c1-4-13(8-9-24)26-21-14-11-18(25)27(3)17(14)10-15(20(21)23)19-12(2)6-5-7-16(19)22/h5-7,10-11,13,15,20,26H,4,8-9,24-25H2,1-3H3. The SMILES string of the molecule is CCC(CCN)NC1=c2cc(N)n(C)c2=CC(c2c(C)cccc2F)C1F. The molecule has 2 aromatic rings. The highest BCUT2D eigenvalue weighted by molar-refractivity contribution is 5.62. The Bertz CT molecular complexity index is 928. The average Bonchev–Trinajstić information content (AvgIpc) is 2.91. The number of nitrogens with zero attached hydrogens (tertiary/aromatic N) is 1. The molecule has 3 atom stereocenters. The van der Waals surface area contributed by atoms with Crippen molar-refractivity contribution in [2.45, 2.75) is 44.8 Å². The van der Waals surface area contributed by atoms with Gasteiger partial charge in [-0.1, -0.05) is 19.1 Å². The predicted molar refractivity (Wildman–Crippen MR) is 107 cm³/mol. The first-order valence-electron chi connectivity index (χ1n) is 9.41. The highest BCUT2D eigenvalue weighted by Gasteiger charge is 2.33. The number of hydrogen-bond donors (Lipinski definition) is 3. The van der Waals surface area contributed by atoms with Crippen molar-refractivity contribution >= 4 is 17.6 Å². The van der Waals surface area contributed by atoms with Gasteiger partial charge in [0.1, 0.15) is 11.6 Å². The molecule has 1 aromatic carbocycles. The molecule has 1 aliphatic rings. The summed E-state index contributed by atoms with van der Waals surface area (Å²) in [6.07, 6.45) is 1.95. The van der Waals surface area contributed by atoms with Gasteiger partial charge in [-0.2, -0.15) is 0 Å². The smallest absolute Gasteiger partial charge is 0.151 e. The van der Waals surface area contributed by atoms with Crippen molar-refractivity contribution in [1.82, 2.24) is 9.88 Å². The van der Waals surface area contributed by atoms with E-state index in [1.807, 2.05) is 31.5 Å². The summed E-state index contributed by atoms with van der Waals surface area (Å²) in [4.78, 5) is 0. The zero-order valence-corrected chi connectivity index (χ0v) is 16.1. The van der Waals surface area contributed by atoms with Crippen LogP contribution in [0.15, 0.2) is 24.3 Å². The fourth-order valence-corrected chi connectivity index (χ4v) is 3.89. The molecular weight excluding hydrogens is 346 g/mol. The monoisotopic (exact) mass is 374 g/mol. The van der Waals surface area contributed by atoms with Crippen LogP contribution in [0.3, 0.4) is 0 Å². The highest BCUT2D eigenvalue weighted by atomic mass is 19.1. The maximum atomic E-state index is 15.7. The Morgan fingerprint density at radius 3 is 2.70 bits per heavy atom. The van der Waals surface area contributed by atoms with E-state index in [1.54, 1.807) is 18.2 Å². The van der Waals surface area contributed by atoms with Crippen LogP contribution in [0.2, 0.25) is 0 Å². The predicted octanol–water partition coefficient (Wildman–Crippen LogP) is 1.80. The van der Waals surface area contributed by atoms with Crippen molar-refractivity contribution in [3.63, 3.8) is 0 Å². The third-order valence-corrected chi connectivity index (χ3v) is 5.51. The van der Waals surface area contributed by atoms with E-state index in [2.05, 4.69) is 5.32 Å². The first-order chi connectivity index (χ1) is 12.9. The van der Waals surface area contributed by atoms with E-state index in [0.717, 1.165) is 29.0 Å². The van der Waals surface area contributed by atoms with E-state index in [-0.39, 0.29) is 6.04 Å². The van der Waals surface area contributed by atoms with Crippen molar-refractivity contribution in [2.75, 3.05) is 12.3 Å². The molecule has 3 unspecified atom stereocenters. The number of hydrogen-bond acceptors (Lipinski definition) is 3. The summed E-state index contributed by atoms with van der Waals surface area (Å²) in [5.41, 5.74) is 13.4. The third-order valence-electron chi connectivity index (χ3n) is 5.51. The minimum Gasteiger partial charge on any atom is -0.385 e. The first-order valence-corrected chi connectivity index (χ1v) is 9.41. The van der Waals surface area contributed by atoms with Crippen LogP contribution in [-0.4, -0.2) is 23.3 Å². The van der Waals surface area contributed by atoms with Gasteiger partial charge in [-0.3, -0.25) is 0 Å². The van der Waals surface area contributed by atoms with Crippen molar-refractivity contribution in [2.24, 2.45) is 12.8 Å². The van der Waals surface area contributed by atoms with E-state index in [9.17, 15) is 4.39 Å². The van der Waals surface area contributed by atoms with Crippen LogP contribution in [-0.2, 0) is 7.05 Å². The Hall–Kier alpha value is -2.34. The first kappa shape index (κ1) is 19.4. The molecule has 0 radical (unpaired) electrons. The molecule has 0 aliphatic heterocycles. The lowest BCUT2D eigenvalue weighted by Gasteiger charge is -2.29. The van der Waals surface area contributed by atoms with E-state index in [1.165, 1.54) is 6.07 Å². The second kappa shape index (κ2) is 7.72. The number of halogens is 2. The van der Waals surface area contributed by atoms with E-state index in [4.69, 9.17) is 11.5 Å². The minimum absolute atomic E-state index is 0.0537. The maximum Gasteiger partial charge on any atom is 0.151 e. The molecule has 0 bridgehead atoms. The molecule has 1 aliphatic carbocycles. The number of aromatic nitrogens is 1. The number of nitrogen functional groups attached to an aromatic ring is 1. The Morgan fingerprint density at radius 2 is 2.07 bits per heavy atom. The molecule has 6 heteroatoms. The Balaban J connectivity index is 2.19. The van der Waals surface area contributed by atoms with Crippen LogP contribution in [0, 0.1) is 12.7 Å². The topological polar surface area (TPSA) is 69.0 Å². The second-order valence-corrected chi connectivity index (χ2v) is 7.23. The fraction of sp³-hybridized carbons (Fsp3) is 0.429. The van der Waals surface area contributed by atoms with Gasteiger partial charge in [-0.25, -0.2) is 8.78 Å². The normalized spacial score (nSPS) is 20.1. The Labute approximate surface area is 158 Å². The molecule has 5 N–H and O–H groups in total. The quantitative estimate of drug-likeness (QED) is 0.722. The van der Waals surface area contributed by atoms with Gasteiger partial charge in [0, 0.05) is 35.1 Å². The number of rotatable bonds is 6. The molecule has 146 valence electrons. The molecule has 3 rings (SSSR count). The van der Waals surface area contributed by atoms with Gasteiger partial charge in [0.2, 0.25) is 0 Å². The van der Waals surface area contributed by atoms with E-state index in [0.29, 0.717) is 23.6 Å². The molecule has 0 spiro atoms. The van der Waals surface area contributed by atoms with Crippen molar-refractivity contribution in [3.05, 3.63) is 51.8 Å². The van der Waals surface area contributed by atoms with Gasteiger partial charge in [0.15, 0.2) is 6.17 Å². The van der Waals surface area contributed by atoms with E-state index < -0.39 is 17.9 Å². The van der Waals surface area contributed by atoms with Crippen LogP contribution in [0.5, 0.6) is 0 Å². The van der Waals surface area contributed by atoms with Gasteiger partial charge < -0.3 is 21.4 Å². The zero-order chi connectivity index (χ0) is 19.7. The van der Waals surface area contributed by atoms with Crippen molar-refractivity contribution in [1.29, 1.82) is 0 Å². The van der Waals surface area contributed by atoms with Gasteiger partial charge in [-0.15, -0.1) is 0 Å². The van der Waals surface area contributed by atoms with Crippen LogP contribution in [0.25, 0.3) is 11.8 Å². The summed E-state index contributed by atoms with van der Waals surface area (Å²) in [5, 5.41) is 4.89. The average molecular weight is 374 g/mol. The number of nitrogens with one attached hydrogen (secondary N) is 1. The molecule has 0 fully saturated rings. The minimum atomic E-state index is -1.39. The summed E-state index contributed by atoms with van der Waals surface area (Å²) in [6, 6.07) is 6.67. The number of anilines is 1. The van der Waals surface area contributed by atoms with Gasteiger partial charge in [0.25, 0.3) is 0 Å². The van der Waals surface area contributed by atoms with Crippen LogP contribution in [0.4, 0.5) is 14.6 Å². The maximum absolute atomic E-state index is 15.7. The lowest BCUT2D eigenvalue weighted by molar-refractivity contribution is 0.359. The van der Waals surface area contributed by atoms with Gasteiger partial charge >= 0.3 is 0 Å². The molecular formula is C21H28F2N4. The van der Waals surface area contributed by atoms with Crippen molar-refractivity contribution in [3.8, 4) is 0 Å². The van der Waals surface area contributed by atoms with E-state index >= 15 is 4.39 Å². The Morgan fingerprint density at radius 1 is 1.33 bits per heavy atom. The molecule has 0 amide bonds. The summed E-state index contributed by atoms with van der Waals surface area (Å²) in [7, 11) is 1.84. The number of aryl methyl sites for hydroxylation is 1. The highest BCUT2D eigenvalue weighted by Crippen LogP contribution is 2.33. The number of nitrogens with two attached hydrogens (primary N) is 2. The van der Waals surface area contributed by atoms with Crippen LogP contribution >= 0.6 is 0 Å². The fourth-order valence-electron chi connectivity index (χ4n) is 3.89. The molecule has 27 heavy (non-hydrogen) atoms. The molecule has 1 aromatic heterocycles. The third kappa shape index (κ3) is 3.46. The number of alkyl halides is 1. The molecule has 4 nitrogen and oxygen atoms in total. The lowest BCUT2D eigenvalue weighted by atomic mass is 9.85. The zero-order valence-electron chi connectivity index (χ0n) is 16.1. The summed E-state index contributed by atoms with van der Waals surface area (Å²) in [6.45, 7) is 4.36. The second-order valence-electron chi connectivity index (χ2n) is 7.23. The summed E-state index contributed by atoms with van der Waals surface area (Å²) in [5.74, 6) is -0.567. The summed E-state index contributed by atoms with van der Waals surface area (Å²) >= 11 is 0. The lowest BCUT2D eigenvalue weighted by Crippen LogP contribution is -2.45. The number of benzene rings is 1. The van der Waals surface area contributed by atoms with Crippen LogP contribution in [0.1, 0.15) is 36.8 Å². The van der Waals surface area contributed by atoms with Crippen LogP contribution < -0.4 is 27.4 Å². The van der Waals surface area contributed by atoms with Gasteiger partial charge in [0.05, 0.1) is 5.70 Å². The number of fused-ring (bicyclic) bond motifs is 1. The molecule has 0 saturated heterocycles. The largest absolute Gasteiger partial charge is 0.385 e. The molecule has 1 heterocycles.